The number of aromatic nitrogens is 2. The minimum Gasteiger partial charge on any atom is -0.611 e. The summed E-state index contributed by atoms with van der Waals surface area (Å²) in [6.07, 6.45) is -0.162. The fourth-order valence-electron chi connectivity index (χ4n) is 4.97. The van der Waals surface area contributed by atoms with Gasteiger partial charge in [0.1, 0.15) is 18.6 Å². The van der Waals surface area contributed by atoms with E-state index in [1.807, 2.05) is 79.7 Å². The summed E-state index contributed by atoms with van der Waals surface area (Å²) in [7, 11) is 0. The van der Waals surface area contributed by atoms with Crippen molar-refractivity contribution in [1.82, 2.24) is 14.9 Å². The highest BCUT2D eigenvalue weighted by atomic mass is 32.2. The summed E-state index contributed by atoms with van der Waals surface area (Å²) in [6, 6.07) is 21.9. The maximum Gasteiger partial charge on any atom is 0.410 e. The summed E-state index contributed by atoms with van der Waals surface area (Å²) in [5, 5.41) is 3.39. The van der Waals surface area contributed by atoms with Crippen LogP contribution in [0.1, 0.15) is 27.8 Å². The maximum atomic E-state index is 15.2. The number of fused-ring (bicyclic) bond motifs is 2. The molecule has 1 aromatic heterocycles. The van der Waals surface area contributed by atoms with Gasteiger partial charge in [-0.2, -0.15) is 0 Å². The van der Waals surface area contributed by atoms with E-state index >= 15 is 4.39 Å². The molecule has 10 heteroatoms. The second kappa shape index (κ2) is 11.2. The molecular formula is C30H28FN5O3S. The largest absolute Gasteiger partial charge is 0.611 e. The van der Waals surface area contributed by atoms with Crippen LogP contribution in [-0.4, -0.2) is 63.6 Å². The smallest absolute Gasteiger partial charge is 0.410 e. The van der Waals surface area contributed by atoms with Crippen LogP contribution >= 0.6 is 0 Å². The first kappa shape index (κ1) is 26.2. The molecule has 2 aliphatic heterocycles. The number of rotatable bonds is 5. The molecule has 2 aliphatic rings. The third-order valence-electron chi connectivity index (χ3n) is 7.09. The van der Waals surface area contributed by atoms with Gasteiger partial charge in [0.05, 0.1) is 24.6 Å². The topological polar surface area (TPSA) is 103 Å². The van der Waals surface area contributed by atoms with E-state index in [-0.39, 0.29) is 26.2 Å². The molecule has 4 atom stereocenters. The lowest BCUT2D eigenvalue weighted by Gasteiger charge is -2.21. The lowest BCUT2D eigenvalue weighted by Crippen LogP contribution is -2.33. The number of halogens is 1. The Labute approximate surface area is 234 Å². The van der Waals surface area contributed by atoms with E-state index in [2.05, 4.69) is 10.3 Å². The molecule has 3 aromatic carbocycles. The molecule has 0 saturated carbocycles. The molecule has 1 fully saturated rings. The Balaban J connectivity index is 1.25. The molecule has 0 spiro atoms. The number of likely N-dealkylation sites (tertiary alicyclic amines) is 1. The zero-order valence-electron chi connectivity index (χ0n) is 21.9. The molecule has 1 amide bonds. The van der Waals surface area contributed by atoms with Gasteiger partial charge in [-0.3, -0.25) is 4.99 Å². The number of nitrogens with zero attached hydrogens (tertiary/aromatic N) is 4. The Morgan fingerprint density at radius 2 is 1.90 bits per heavy atom. The van der Waals surface area contributed by atoms with Gasteiger partial charge < -0.3 is 19.5 Å². The molecule has 1 N–H and O–H groups in total. The lowest BCUT2D eigenvalue weighted by molar-refractivity contribution is 0.102. The number of benzene rings is 3. The second-order valence-corrected chi connectivity index (χ2v) is 11.6. The van der Waals surface area contributed by atoms with Gasteiger partial charge in [0.2, 0.25) is 0 Å². The average molecular weight is 558 g/mol. The van der Waals surface area contributed by atoms with Crippen molar-refractivity contribution in [2.75, 3.05) is 25.0 Å². The first-order valence-corrected chi connectivity index (χ1v) is 14.3. The van der Waals surface area contributed by atoms with E-state index in [1.54, 1.807) is 6.21 Å². The Kier molecular flexibility index (Phi) is 7.36. The molecule has 1 saturated heterocycles. The van der Waals surface area contributed by atoms with Gasteiger partial charge in [0.25, 0.3) is 0 Å². The van der Waals surface area contributed by atoms with Gasteiger partial charge in [0.15, 0.2) is 16.0 Å². The van der Waals surface area contributed by atoms with Crippen LogP contribution in [0.25, 0.3) is 10.9 Å². The van der Waals surface area contributed by atoms with Crippen LogP contribution in [0.5, 0.6) is 0 Å². The van der Waals surface area contributed by atoms with Crippen molar-refractivity contribution in [1.29, 1.82) is 0 Å². The van der Waals surface area contributed by atoms with Crippen LogP contribution in [0.2, 0.25) is 0 Å². The average Bonchev–Trinajstić information content (AvgIpc) is 3.25. The molecule has 204 valence electrons. The van der Waals surface area contributed by atoms with Crippen molar-refractivity contribution in [2.45, 2.75) is 35.9 Å². The molecule has 40 heavy (non-hydrogen) atoms. The third-order valence-corrected chi connectivity index (χ3v) is 8.77. The Bertz CT molecular complexity index is 1570. The highest BCUT2D eigenvalue weighted by Gasteiger charge is 2.38. The normalized spacial score (nSPS) is 22.1. The van der Waals surface area contributed by atoms with Gasteiger partial charge in [0, 0.05) is 23.7 Å². The number of aliphatic imine (C=N–C) groups is 1. The monoisotopic (exact) mass is 557 g/mol. The van der Waals surface area contributed by atoms with E-state index < -0.39 is 34.7 Å². The van der Waals surface area contributed by atoms with Crippen molar-refractivity contribution in [2.24, 2.45) is 4.99 Å². The maximum absolute atomic E-state index is 15.2. The number of aryl methyl sites for hydroxylation is 1. The highest BCUT2D eigenvalue weighted by molar-refractivity contribution is 7.91. The minimum atomic E-state index is -1.44. The number of alkyl halides is 1. The molecule has 0 aliphatic carbocycles. The fraction of sp³-hybridized carbons (Fsp3) is 0.267. The van der Waals surface area contributed by atoms with E-state index in [0.717, 1.165) is 22.1 Å². The van der Waals surface area contributed by atoms with Gasteiger partial charge in [-0.15, -0.1) is 0 Å². The van der Waals surface area contributed by atoms with Gasteiger partial charge in [-0.1, -0.05) is 54.1 Å². The van der Waals surface area contributed by atoms with E-state index in [9.17, 15) is 9.35 Å². The van der Waals surface area contributed by atoms with Crippen molar-refractivity contribution in [3.8, 4) is 0 Å². The first-order valence-electron chi connectivity index (χ1n) is 13.1. The number of nitrogens with one attached hydrogen (secondary N) is 1. The summed E-state index contributed by atoms with van der Waals surface area (Å²) in [4.78, 5) is 28.8. The molecule has 4 aromatic rings. The van der Waals surface area contributed by atoms with E-state index in [0.29, 0.717) is 22.1 Å². The predicted molar refractivity (Wildman–Crippen MR) is 153 cm³/mol. The lowest BCUT2D eigenvalue weighted by atomic mass is 10.1. The third kappa shape index (κ3) is 5.37. The molecule has 0 bridgehead atoms. The zero-order chi connectivity index (χ0) is 27.6. The van der Waals surface area contributed by atoms with Crippen molar-refractivity contribution in [3.05, 3.63) is 95.3 Å². The number of carbonyl (C=O) groups is 1. The SMILES string of the molecule is Cc1ccc2nc(C3CN=Cc4ccccc4[S+]3[O-])nc(N[C@H]3CN(C(=O)OCc4ccccc4)C[C@@H]3F)c2c1. The second-order valence-electron chi connectivity index (χ2n) is 9.98. The number of ether oxygens (including phenoxy) is 1. The molecular weight excluding hydrogens is 529 g/mol. The van der Waals surface area contributed by atoms with Crippen LogP contribution in [0.3, 0.4) is 0 Å². The van der Waals surface area contributed by atoms with Crippen molar-refractivity contribution < 1.29 is 18.5 Å². The minimum absolute atomic E-state index is 0.0850. The van der Waals surface area contributed by atoms with Crippen molar-refractivity contribution in [3.63, 3.8) is 0 Å². The fourth-order valence-corrected chi connectivity index (χ4v) is 6.36. The van der Waals surface area contributed by atoms with E-state index in [1.165, 1.54) is 4.90 Å². The summed E-state index contributed by atoms with van der Waals surface area (Å²) < 4.78 is 34.3. The van der Waals surface area contributed by atoms with Crippen LogP contribution in [-0.2, 0) is 22.5 Å². The highest BCUT2D eigenvalue weighted by Crippen LogP contribution is 2.34. The first-order chi connectivity index (χ1) is 19.5. The molecule has 2 unspecified atom stereocenters. The zero-order valence-corrected chi connectivity index (χ0v) is 22.7. The Morgan fingerprint density at radius 3 is 2.75 bits per heavy atom. The number of hydrogen-bond acceptors (Lipinski definition) is 7. The number of anilines is 1. The molecule has 0 radical (unpaired) electrons. The summed E-state index contributed by atoms with van der Waals surface area (Å²) in [6.45, 7) is 2.37. The van der Waals surface area contributed by atoms with E-state index in [4.69, 9.17) is 14.7 Å². The number of amides is 1. The summed E-state index contributed by atoms with van der Waals surface area (Å²) in [5.74, 6) is 0.813. The number of carbonyl (C=O) groups excluding carboxylic acids is 1. The standard InChI is InChI=1S/C30H28FN5O3S/c1-19-11-12-24-22(13-19)28(35-29(33-24)27-15-32-14-21-9-5-6-10-26(21)40(27)38)34-25-17-36(16-23(25)31)30(37)39-18-20-7-3-2-4-8-20/h2-14,23,25,27H,15-18H2,1H3,(H,33,34,35)/t23-,25-,27?,40?/m0/s1. The molecule has 8 nitrogen and oxygen atoms in total. The van der Waals surface area contributed by atoms with Crippen molar-refractivity contribution >= 4 is 40.2 Å². The quantitative estimate of drug-likeness (QED) is 0.347. The van der Waals surface area contributed by atoms with Gasteiger partial charge in [-0.25, -0.2) is 19.2 Å². The van der Waals surface area contributed by atoms with Crippen LogP contribution < -0.4 is 5.32 Å². The van der Waals surface area contributed by atoms with Gasteiger partial charge in [-0.05, 0) is 47.9 Å². The van der Waals surface area contributed by atoms with Crippen LogP contribution in [0, 0.1) is 6.92 Å². The molecule has 6 rings (SSSR count). The summed E-state index contributed by atoms with van der Waals surface area (Å²) in [5.41, 5.74) is 3.32. The Morgan fingerprint density at radius 1 is 1.10 bits per heavy atom. The summed E-state index contributed by atoms with van der Waals surface area (Å²) >= 11 is -1.44. The molecule has 3 heterocycles. The Hall–Kier alpha value is -4.02. The van der Waals surface area contributed by atoms with Crippen LogP contribution in [0.15, 0.2) is 82.7 Å². The van der Waals surface area contributed by atoms with Crippen LogP contribution in [0.4, 0.5) is 15.0 Å². The predicted octanol–water partition coefficient (Wildman–Crippen LogP) is 4.99. The van der Waals surface area contributed by atoms with Gasteiger partial charge >= 0.3 is 6.09 Å². The number of hydrogen-bond donors (Lipinski definition) is 1.